The molecule has 0 spiro atoms. The van der Waals surface area contributed by atoms with Crippen LogP contribution in [-0.4, -0.2) is 42.3 Å². The Morgan fingerprint density at radius 3 is 2.11 bits per heavy atom. The average Bonchev–Trinajstić information content (AvgIpc) is 3.52. The summed E-state index contributed by atoms with van der Waals surface area (Å²) in [5, 5.41) is 14.9. The lowest BCUT2D eigenvalue weighted by Crippen LogP contribution is -2.43. The van der Waals surface area contributed by atoms with Crippen molar-refractivity contribution < 1.29 is 24.2 Å². The number of carbonyl (C=O) groups excluding carboxylic acids is 2. The third-order valence-electron chi connectivity index (χ3n) is 6.89. The molecule has 1 saturated carbocycles. The normalized spacial score (nSPS) is 16.5. The van der Waals surface area contributed by atoms with E-state index in [9.17, 15) is 19.5 Å². The number of alkyl carbamates (subject to hydrolysis) is 1. The zero-order valence-corrected chi connectivity index (χ0v) is 20.6. The fraction of sp³-hybridized carbons (Fsp3) is 0.464. The monoisotopic (exact) mass is 478 g/mol. The van der Waals surface area contributed by atoms with Crippen molar-refractivity contribution in [2.45, 2.75) is 58.4 Å². The van der Waals surface area contributed by atoms with E-state index in [4.69, 9.17) is 4.74 Å². The van der Waals surface area contributed by atoms with Gasteiger partial charge in [0.15, 0.2) is 0 Å². The second-order valence-corrected chi connectivity index (χ2v) is 11.0. The number of ether oxygens (including phenoxy) is 1. The highest BCUT2D eigenvalue weighted by molar-refractivity contribution is 5.82. The summed E-state index contributed by atoms with van der Waals surface area (Å²) in [5.41, 5.74) is 3.65. The predicted octanol–water partition coefficient (Wildman–Crippen LogP) is 4.70. The summed E-state index contributed by atoms with van der Waals surface area (Å²) in [7, 11) is 0. The SMILES string of the molecule is CC(C)(C)CC(CC(=O)NCC1(C(=O)O)CC1)NC(=O)OCC1c2ccccc2-c2ccccc21. The quantitative estimate of drug-likeness (QED) is 0.485. The fourth-order valence-corrected chi connectivity index (χ4v) is 4.90. The Kier molecular flexibility index (Phi) is 6.88. The van der Waals surface area contributed by atoms with Gasteiger partial charge < -0.3 is 20.5 Å². The molecule has 4 rings (SSSR count). The van der Waals surface area contributed by atoms with E-state index >= 15 is 0 Å². The minimum atomic E-state index is -0.874. The van der Waals surface area contributed by atoms with Crippen LogP contribution in [0, 0.1) is 10.8 Å². The third-order valence-corrected chi connectivity index (χ3v) is 6.89. The van der Waals surface area contributed by atoms with Crippen LogP contribution in [-0.2, 0) is 14.3 Å². The first-order chi connectivity index (χ1) is 16.6. The van der Waals surface area contributed by atoms with Crippen molar-refractivity contribution in [1.82, 2.24) is 10.6 Å². The maximum absolute atomic E-state index is 12.8. The molecule has 1 fully saturated rings. The molecule has 2 aromatic carbocycles. The van der Waals surface area contributed by atoms with Crippen molar-refractivity contribution in [1.29, 1.82) is 0 Å². The number of amides is 2. The average molecular weight is 479 g/mol. The Morgan fingerprint density at radius 1 is 1.03 bits per heavy atom. The molecule has 186 valence electrons. The maximum Gasteiger partial charge on any atom is 0.407 e. The van der Waals surface area contributed by atoms with Crippen LogP contribution in [0.2, 0.25) is 0 Å². The van der Waals surface area contributed by atoms with Gasteiger partial charge in [0, 0.05) is 24.9 Å². The van der Waals surface area contributed by atoms with Crippen LogP contribution in [0.5, 0.6) is 0 Å². The Bertz CT molecular complexity index is 1070. The van der Waals surface area contributed by atoms with Gasteiger partial charge in [0.1, 0.15) is 6.61 Å². The summed E-state index contributed by atoms with van der Waals surface area (Å²) in [6, 6.07) is 15.9. The molecule has 0 aromatic heterocycles. The molecule has 0 saturated heterocycles. The molecule has 3 N–H and O–H groups in total. The minimum Gasteiger partial charge on any atom is -0.481 e. The summed E-state index contributed by atoms with van der Waals surface area (Å²) in [6.45, 7) is 6.45. The molecule has 0 heterocycles. The number of hydrogen-bond acceptors (Lipinski definition) is 4. The number of carbonyl (C=O) groups is 3. The van der Waals surface area contributed by atoms with Crippen LogP contribution in [0.25, 0.3) is 11.1 Å². The van der Waals surface area contributed by atoms with E-state index in [1.165, 1.54) is 0 Å². The molecule has 0 radical (unpaired) electrons. The second kappa shape index (κ2) is 9.72. The summed E-state index contributed by atoms with van der Waals surface area (Å²) in [5.74, 6) is -1.19. The molecule has 35 heavy (non-hydrogen) atoms. The van der Waals surface area contributed by atoms with Crippen LogP contribution >= 0.6 is 0 Å². The van der Waals surface area contributed by atoms with Crippen LogP contribution < -0.4 is 10.6 Å². The largest absolute Gasteiger partial charge is 0.481 e. The van der Waals surface area contributed by atoms with Crippen molar-refractivity contribution in [2.75, 3.05) is 13.2 Å². The van der Waals surface area contributed by atoms with Gasteiger partial charge >= 0.3 is 12.1 Å². The third kappa shape index (κ3) is 5.84. The molecule has 2 aliphatic rings. The lowest BCUT2D eigenvalue weighted by molar-refractivity contribution is -0.143. The van der Waals surface area contributed by atoms with E-state index in [2.05, 4.69) is 34.9 Å². The number of aliphatic carboxylic acids is 1. The minimum absolute atomic E-state index is 0.0386. The molecule has 1 unspecified atom stereocenters. The number of carboxylic acid groups (broad SMARTS) is 1. The van der Waals surface area contributed by atoms with Crippen molar-refractivity contribution in [2.24, 2.45) is 10.8 Å². The molecular weight excluding hydrogens is 444 g/mol. The van der Waals surface area contributed by atoms with E-state index in [1.54, 1.807) is 0 Å². The zero-order valence-electron chi connectivity index (χ0n) is 20.6. The lowest BCUT2D eigenvalue weighted by atomic mass is 9.87. The van der Waals surface area contributed by atoms with Gasteiger partial charge in [-0.15, -0.1) is 0 Å². The number of carboxylic acids is 1. The summed E-state index contributed by atoms with van der Waals surface area (Å²) in [6.07, 6.45) is 1.24. The van der Waals surface area contributed by atoms with E-state index in [-0.39, 0.29) is 36.8 Å². The second-order valence-electron chi connectivity index (χ2n) is 11.0. The van der Waals surface area contributed by atoms with Crippen LogP contribution in [0.15, 0.2) is 48.5 Å². The number of fused-ring (bicyclic) bond motifs is 3. The van der Waals surface area contributed by atoms with E-state index in [0.29, 0.717) is 19.3 Å². The van der Waals surface area contributed by atoms with E-state index in [0.717, 1.165) is 22.3 Å². The molecule has 2 aliphatic carbocycles. The summed E-state index contributed by atoms with van der Waals surface area (Å²) >= 11 is 0. The van der Waals surface area contributed by atoms with Gasteiger partial charge in [-0.3, -0.25) is 9.59 Å². The zero-order chi connectivity index (χ0) is 25.2. The Labute approximate surface area is 206 Å². The topological polar surface area (TPSA) is 105 Å². The van der Waals surface area contributed by atoms with Crippen LogP contribution in [0.4, 0.5) is 4.79 Å². The van der Waals surface area contributed by atoms with Gasteiger partial charge in [-0.25, -0.2) is 4.79 Å². The molecule has 0 bridgehead atoms. The number of rotatable bonds is 9. The van der Waals surface area contributed by atoms with Gasteiger partial charge in [0.2, 0.25) is 5.91 Å². The lowest BCUT2D eigenvalue weighted by Gasteiger charge is -2.26. The molecule has 2 aromatic rings. The molecule has 1 atom stereocenters. The van der Waals surface area contributed by atoms with Gasteiger partial charge in [-0.1, -0.05) is 69.3 Å². The van der Waals surface area contributed by atoms with Gasteiger partial charge in [0.25, 0.3) is 0 Å². The van der Waals surface area contributed by atoms with Crippen molar-refractivity contribution in [3.8, 4) is 11.1 Å². The molecular formula is C28H34N2O5. The first-order valence-corrected chi connectivity index (χ1v) is 12.2. The predicted molar refractivity (Wildman–Crippen MR) is 133 cm³/mol. The van der Waals surface area contributed by atoms with Gasteiger partial charge in [0.05, 0.1) is 5.41 Å². The summed E-state index contributed by atoms with van der Waals surface area (Å²) in [4.78, 5) is 36.7. The first kappa shape index (κ1) is 24.8. The highest BCUT2D eigenvalue weighted by Gasteiger charge is 2.50. The van der Waals surface area contributed by atoms with Crippen molar-refractivity contribution in [3.05, 3.63) is 59.7 Å². The van der Waals surface area contributed by atoms with E-state index in [1.807, 2.05) is 45.0 Å². The first-order valence-electron chi connectivity index (χ1n) is 12.2. The van der Waals surface area contributed by atoms with Gasteiger partial charge in [-0.2, -0.15) is 0 Å². The molecule has 7 nitrogen and oxygen atoms in total. The number of nitrogens with one attached hydrogen (secondary N) is 2. The fourth-order valence-electron chi connectivity index (χ4n) is 4.90. The number of benzene rings is 2. The van der Waals surface area contributed by atoms with Crippen LogP contribution in [0.3, 0.4) is 0 Å². The van der Waals surface area contributed by atoms with Crippen LogP contribution in [0.1, 0.15) is 63.5 Å². The standard InChI is InChI=1S/C28H34N2O5/c1-27(2,3)15-18(14-24(31)29-17-28(12-13-28)25(32)33)30-26(34)35-16-23-21-10-6-4-8-19(21)20-9-5-7-11-22(20)23/h4-11,18,23H,12-17H2,1-3H3,(H,29,31)(H,30,34)(H,32,33). The highest BCUT2D eigenvalue weighted by atomic mass is 16.5. The summed E-state index contributed by atoms with van der Waals surface area (Å²) < 4.78 is 5.66. The Hall–Kier alpha value is -3.35. The highest BCUT2D eigenvalue weighted by Crippen LogP contribution is 2.45. The molecule has 0 aliphatic heterocycles. The van der Waals surface area contributed by atoms with E-state index < -0.39 is 23.5 Å². The smallest absolute Gasteiger partial charge is 0.407 e. The molecule has 7 heteroatoms. The van der Waals surface area contributed by atoms with Crippen molar-refractivity contribution in [3.63, 3.8) is 0 Å². The van der Waals surface area contributed by atoms with Crippen molar-refractivity contribution >= 4 is 18.0 Å². The molecule has 2 amide bonds. The van der Waals surface area contributed by atoms with Gasteiger partial charge in [-0.05, 0) is 46.9 Å². The Morgan fingerprint density at radius 2 is 1.60 bits per heavy atom. The number of hydrogen-bond donors (Lipinski definition) is 3. The maximum atomic E-state index is 12.8. The Balaban J connectivity index is 1.36.